The molecule has 0 aromatic carbocycles. The summed E-state index contributed by atoms with van der Waals surface area (Å²) in [4.78, 5) is 0. The molecular weight excluding hydrogens is 329 g/mol. The molecule has 0 amide bonds. The Morgan fingerprint density at radius 2 is 0.952 bits per heavy atom. The van der Waals surface area contributed by atoms with Crippen LogP contribution in [-0.2, 0) is 0 Å². The van der Waals surface area contributed by atoms with Crippen molar-refractivity contribution in [3.63, 3.8) is 0 Å². The third-order valence-electron chi connectivity index (χ3n) is 2.27. The molecular formula is C10H13F11. The lowest BCUT2D eigenvalue weighted by atomic mass is 9.92. The summed E-state index contributed by atoms with van der Waals surface area (Å²) in [5, 5.41) is 0. The lowest BCUT2D eigenvalue weighted by molar-refractivity contribution is -0.423. The van der Waals surface area contributed by atoms with Crippen molar-refractivity contribution in [3.05, 3.63) is 0 Å². The van der Waals surface area contributed by atoms with Gasteiger partial charge in [-0.3, -0.25) is 0 Å². The highest BCUT2D eigenvalue weighted by Crippen LogP contribution is 2.58. The molecule has 0 spiro atoms. The molecule has 21 heavy (non-hydrogen) atoms. The van der Waals surface area contributed by atoms with Crippen LogP contribution in [0, 0.1) is 5.92 Å². The number of alkyl halides is 11. The zero-order chi connectivity index (χ0) is 16.8. The summed E-state index contributed by atoms with van der Waals surface area (Å²) in [5.41, 5.74) is 0. The molecule has 0 fully saturated rings. The lowest BCUT2D eigenvalue weighted by Crippen LogP contribution is -2.66. The maximum Gasteiger partial charge on any atom is 0.460 e. The van der Waals surface area contributed by atoms with Gasteiger partial charge in [-0.2, -0.15) is 48.3 Å². The summed E-state index contributed by atoms with van der Waals surface area (Å²) in [7, 11) is 0. The molecule has 0 bridgehead atoms. The molecule has 0 unspecified atom stereocenters. The molecule has 0 nitrogen and oxygen atoms in total. The normalized spacial score (nSPS) is 15.1. The maximum atomic E-state index is 12.9. The average molecular weight is 342 g/mol. The van der Waals surface area contributed by atoms with Gasteiger partial charge in [-0.15, -0.1) is 0 Å². The number of hydrogen-bond acceptors (Lipinski definition) is 0. The molecule has 0 N–H and O–H groups in total. The van der Waals surface area contributed by atoms with E-state index >= 15 is 0 Å². The van der Waals surface area contributed by atoms with E-state index in [1.54, 1.807) is 0 Å². The van der Waals surface area contributed by atoms with Crippen LogP contribution in [0.5, 0.6) is 0 Å². The van der Waals surface area contributed by atoms with Gasteiger partial charge in [0.25, 0.3) is 0 Å². The Bertz CT molecular complexity index is 339. The summed E-state index contributed by atoms with van der Waals surface area (Å²) in [6.45, 7) is 1.76. The largest absolute Gasteiger partial charge is 0.460 e. The van der Waals surface area contributed by atoms with Gasteiger partial charge in [0.05, 0.1) is 0 Å². The Hall–Kier alpha value is -0.770. The van der Waals surface area contributed by atoms with Crippen LogP contribution in [0.3, 0.4) is 0 Å². The third-order valence-corrected chi connectivity index (χ3v) is 2.27. The molecule has 0 saturated carbocycles. The van der Waals surface area contributed by atoms with Gasteiger partial charge in [-0.05, 0) is 5.92 Å². The van der Waals surface area contributed by atoms with E-state index in [-0.39, 0.29) is 7.43 Å². The molecule has 0 aromatic heterocycles. The fourth-order valence-electron chi connectivity index (χ4n) is 1.25. The highest BCUT2D eigenvalue weighted by molar-refractivity contribution is 5.06. The van der Waals surface area contributed by atoms with Crippen LogP contribution in [0.2, 0.25) is 0 Å². The second kappa shape index (κ2) is 5.79. The predicted octanol–water partition coefficient (Wildman–Crippen LogP) is 5.77. The van der Waals surface area contributed by atoms with E-state index in [4.69, 9.17) is 0 Å². The van der Waals surface area contributed by atoms with Crippen LogP contribution < -0.4 is 0 Å². The molecule has 0 aliphatic carbocycles. The van der Waals surface area contributed by atoms with Crippen molar-refractivity contribution in [2.75, 3.05) is 0 Å². The van der Waals surface area contributed by atoms with Gasteiger partial charge in [-0.1, -0.05) is 21.3 Å². The molecule has 0 heterocycles. The topological polar surface area (TPSA) is 0 Å². The number of rotatable bonds is 5. The van der Waals surface area contributed by atoms with Crippen LogP contribution in [0.25, 0.3) is 0 Å². The molecule has 11 heteroatoms. The smallest absolute Gasteiger partial charge is 0.200 e. The second-order valence-electron chi connectivity index (χ2n) is 4.52. The molecule has 0 rings (SSSR count). The molecule has 0 aromatic rings. The first-order chi connectivity index (χ1) is 8.42. The van der Waals surface area contributed by atoms with Crippen molar-refractivity contribution in [3.8, 4) is 0 Å². The molecule has 0 atom stereocenters. The lowest BCUT2D eigenvalue weighted by Gasteiger charge is -2.37. The highest BCUT2D eigenvalue weighted by atomic mass is 19.4. The van der Waals surface area contributed by atoms with Crippen LogP contribution in [-0.4, -0.2) is 29.9 Å². The first-order valence-corrected chi connectivity index (χ1v) is 5.00. The fraction of sp³-hybridized carbons (Fsp3) is 1.00. The van der Waals surface area contributed by atoms with E-state index in [0.717, 1.165) is 13.8 Å². The van der Waals surface area contributed by atoms with Crippen molar-refractivity contribution in [2.24, 2.45) is 5.92 Å². The minimum absolute atomic E-state index is 0. The van der Waals surface area contributed by atoms with Crippen molar-refractivity contribution >= 4 is 0 Å². The van der Waals surface area contributed by atoms with Crippen molar-refractivity contribution in [1.29, 1.82) is 0 Å². The highest BCUT2D eigenvalue weighted by Gasteiger charge is 2.86. The Labute approximate surface area is 113 Å². The van der Waals surface area contributed by atoms with Gasteiger partial charge < -0.3 is 0 Å². The summed E-state index contributed by atoms with van der Waals surface area (Å²) in [5.74, 6) is -28.5. The minimum atomic E-state index is -7.30. The van der Waals surface area contributed by atoms with Gasteiger partial charge >= 0.3 is 29.9 Å². The minimum Gasteiger partial charge on any atom is -0.200 e. The van der Waals surface area contributed by atoms with Gasteiger partial charge in [0.15, 0.2) is 0 Å². The van der Waals surface area contributed by atoms with Crippen LogP contribution >= 0.6 is 0 Å². The van der Waals surface area contributed by atoms with E-state index in [0.29, 0.717) is 0 Å². The van der Waals surface area contributed by atoms with Gasteiger partial charge in [0.2, 0.25) is 0 Å². The van der Waals surface area contributed by atoms with Crippen LogP contribution in [0.4, 0.5) is 48.3 Å². The molecule has 130 valence electrons. The summed E-state index contributed by atoms with van der Waals surface area (Å²) < 4.78 is 137. The third kappa shape index (κ3) is 3.53. The zero-order valence-electron chi connectivity index (χ0n) is 9.94. The zero-order valence-corrected chi connectivity index (χ0v) is 9.94. The second-order valence-corrected chi connectivity index (χ2v) is 4.52. The Morgan fingerprint density at radius 3 is 1.19 bits per heavy atom. The van der Waals surface area contributed by atoms with Gasteiger partial charge in [-0.25, -0.2) is 0 Å². The van der Waals surface area contributed by atoms with Crippen molar-refractivity contribution in [2.45, 2.75) is 57.6 Å². The van der Waals surface area contributed by atoms with Gasteiger partial charge in [0, 0.05) is 6.42 Å². The number of hydrogen-bond donors (Lipinski definition) is 0. The quantitative estimate of drug-likeness (QED) is 0.556. The van der Waals surface area contributed by atoms with Crippen molar-refractivity contribution < 1.29 is 48.3 Å². The SMILES string of the molecule is C.CC(C)CC(F)(F)C(F)(F)C(F)(F)C(F)(F)C(F)(F)F. The molecule has 0 aliphatic heterocycles. The Kier molecular flexibility index (Phi) is 6.20. The van der Waals surface area contributed by atoms with Gasteiger partial charge in [0.1, 0.15) is 0 Å². The molecule has 0 saturated heterocycles. The van der Waals surface area contributed by atoms with E-state index in [9.17, 15) is 48.3 Å². The standard InChI is InChI=1S/C9H9F11.CH4/c1-4(2)3-5(10,11)6(12,13)7(14,15)8(16,17)9(18,19)20;/h4H,3H2,1-2H3;1H4. The molecule has 0 radical (unpaired) electrons. The number of halogens is 11. The first-order valence-electron chi connectivity index (χ1n) is 5.00. The van der Waals surface area contributed by atoms with E-state index < -0.39 is 42.2 Å². The van der Waals surface area contributed by atoms with Crippen molar-refractivity contribution in [1.82, 2.24) is 0 Å². The summed E-state index contributed by atoms with van der Waals surface area (Å²) in [6, 6.07) is 0. The maximum absolute atomic E-state index is 12.9. The fourth-order valence-corrected chi connectivity index (χ4v) is 1.25. The van der Waals surface area contributed by atoms with E-state index in [1.807, 2.05) is 0 Å². The van der Waals surface area contributed by atoms with E-state index in [2.05, 4.69) is 0 Å². The monoisotopic (exact) mass is 342 g/mol. The Balaban J connectivity index is 0. The van der Waals surface area contributed by atoms with E-state index in [1.165, 1.54) is 0 Å². The summed E-state index contributed by atoms with van der Waals surface area (Å²) in [6.07, 6.45) is -9.09. The predicted molar refractivity (Wildman–Crippen MR) is 52.0 cm³/mol. The first kappa shape index (κ1) is 22.5. The molecule has 0 aliphatic rings. The Morgan fingerprint density at radius 1 is 0.619 bits per heavy atom. The van der Waals surface area contributed by atoms with Crippen LogP contribution in [0.15, 0.2) is 0 Å². The summed E-state index contributed by atoms with van der Waals surface area (Å²) >= 11 is 0. The van der Waals surface area contributed by atoms with Crippen LogP contribution in [0.1, 0.15) is 27.7 Å². The average Bonchev–Trinajstić information content (AvgIpc) is 2.12.